The highest BCUT2D eigenvalue weighted by Crippen LogP contribution is 2.15. The summed E-state index contributed by atoms with van der Waals surface area (Å²) in [6.45, 7) is 5.05. The summed E-state index contributed by atoms with van der Waals surface area (Å²) in [6, 6.07) is 13.8. The van der Waals surface area contributed by atoms with Crippen LogP contribution in [0, 0.1) is 5.82 Å². The van der Waals surface area contributed by atoms with Crippen molar-refractivity contribution in [3.05, 3.63) is 65.5 Å². The van der Waals surface area contributed by atoms with Gasteiger partial charge in [0.05, 0.1) is 12.2 Å². The molecule has 2 rings (SSSR count). The van der Waals surface area contributed by atoms with Crippen molar-refractivity contribution in [2.45, 2.75) is 32.6 Å². The van der Waals surface area contributed by atoms with Crippen LogP contribution >= 0.6 is 0 Å². The van der Waals surface area contributed by atoms with Gasteiger partial charge < -0.3 is 15.2 Å². The molecule has 22 heavy (non-hydrogen) atoms. The predicted molar refractivity (Wildman–Crippen MR) is 85.3 cm³/mol. The molecular weight excluding hydrogens is 281 g/mol. The number of nitrogens with one attached hydrogen (secondary N) is 1. The van der Waals surface area contributed by atoms with Crippen molar-refractivity contribution in [2.24, 2.45) is 0 Å². The molecule has 0 unspecified atom stereocenters. The molecule has 0 aromatic heterocycles. The van der Waals surface area contributed by atoms with Gasteiger partial charge in [-0.1, -0.05) is 24.3 Å². The minimum Gasteiger partial charge on any atom is -0.491 e. The number of rotatable bonds is 7. The van der Waals surface area contributed by atoms with Gasteiger partial charge in [0.25, 0.3) is 0 Å². The summed E-state index contributed by atoms with van der Waals surface area (Å²) < 4.78 is 18.4. The van der Waals surface area contributed by atoms with Gasteiger partial charge >= 0.3 is 0 Å². The zero-order chi connectivity index (χ0) is 15.9. The molecular formula is C18H22FNO2. The van der Waals surface area contributed by atoms with Gasteiger partial charge in [-0.15, -0.1) is 0 Å². The summed E-state index contributed by atoms with van der Waals surface area (Å²) in [4.78, 5) is 0. The molecule has 0 aliphatic rings. The molecule has 3 nitrogen and oxygen atoms in total. The molecule has 0 saturated carbocycles. The van der Waals surface area contributed by atoms with E-state index in [0.29, 0.717) is 18.7 Å². The van der Waals surface area contributed by atoms with Crippen LogP contribution in [0.5, 0.6) is 5.75 Å². The van der Waals surface area contributed by atoms with E-state index < -0.39 is 6.10 Å². The Morgan fingerprint density at radius 3 is 2.27 bits per heavy atom. The van der Waals surface area contributed by atoms with Gasteiger partial charge in [0.2, 0.25) is 0 Å². The molecule has 0 aliphatic heterocycles. The lowest BCUT2D eigenvalue weighted by atomic mass is 10.1. The van der Waals surface area contributed by atoms with Gasteiger partial charge in [-0.2, -0.15) is 0 Å². The summed E-state index contributed by atoms with van der Waals surface area (Å²) in [5.41, 5.74) is 1.82. The first-order chi connectivity index (χ1) is 10.5. The summed E-state index contributed by atoms with van der Waals surface area (Å²) in [5.74, 6) is 0.553. The second kappa shape index (κ2) is 7.92. The highest BCUT2D eigenvalue weighted by Gasteiger charge is 2.07. The van der Waals surface area contributed by atoms with Crippen LogP contribution in [-0.2, 0) is 6.54 Å². The maximum atomic E-state index is 12.8. The molecule has 0 bridgehead atoms. The Kier molecular flexibility index (Phi) is 5.92. The SMILES string of the molecule is CC(C)Oc1ccc(CNC[C@H](O)c2ccc(F)cc2)cc1. The average molecular weight is 303 g/mol. The maximum absolute atomic E-state index is 12.8. The zero-order valence-corrected chi connectivity index (χ0v) is 12.9. The van der Waals surface area contributed by atoms with Crippen LogP contribution in [0.1, 0.15) is 31.1 Å². The standard InChI is InChI=1S/C18H22FNO2/c1-13(2)22-17-9-3-14(4-10-17)11-20-12-18(21)15-5-7-16(19)8-6-15/h3-10,13,18,20-21H,11-12H2,1-2H3/t18-/m0/s1. The second-order valence-corrected chi connectivity index (χ2v) is 5.51. The molecule has 0 radical (unpaired) electrons. The Labute approximate surface area is 130 Å². The lowest BCUT2D eigenvalue weighted by Crippen LogP contribution is -2.21. The van der Waals surface area contributed by atoms with E-state index in [1.54, 1.807) is 12.1 Å². The van der Waals surface area contributed by atoms with Gasteiger partial charge in [-0.3, -0.25) is 0 Å². The van der Waals surface area contributed by atoms with Crippen LogP contribution in [0.2, 0.25) is 0 Å². The van der Waals surface area contributed by atoms with E-state index in [9.17, 15) is 9.50 Å². The fraction of sp³-hybridized carbons (Fsp3) is 0.333. The molecule has 0 heterocycles. The zero-order valence-electron chi connectivity index (χ0n) is 12.9. The van der Waals surface area contributed by atoms with Gasteiger partial charge in [0, 0.05) is 13.1 Å². The van der Waals surface area contributed by atoms with E-state index in [1.807, 2.05) is 38.1 Å². The van der Waals surface area contributed by atoms with Crippen molar-refractivity contribution in [1.29, 1.82) is 0 Å². The van der Waals surface area contributed by atoms with E-state index >= 15 is 0 Å². The normalized spacial score (nSPS) is 12.4. The second-order valence-electron chi connectivity index (χ2n) is 5.51. The molecule has 118 valence electrons. The number of hydrogen-bond donors (Lipinski definition) is 2. The largest absolute Gasteiger partial charge is 0.491 e. The topological polar surface area (TPSA) is 41.5 Å². The van der Waals surface area contributed by atoms with E-state index in [2.05, 4.69) is 5.32 Å². The minimum absolute atomic E-state index is 0.162. The molecule has 0 amide bonds. The molecule has 2 aromatic rings. The monoisotopic (exact) mass is 303 g/mol. The van der Waals surface area contributed by atoms with Crippen LogP contribution < -0.4 is 10.1 Å². The first kappa shape index (κ1) is 16.5. The Morgan fingerprint density at radius 2 is 1.68 bits per heavy atom. The number of ether oxygens (including phenoxy) is 1. The fourth-order valence-corrected chi connectivity index (χ4v) is 2.11. The van der Waals surface area contributed by atoms with Crippen molar-refractivity contribution < 1.29 is 14.2 Å². The number of aliphatic hydroxyl groups excluding tert-OH is 1. The third-order valence-electron chi connectivity index (χ3n) is 3.22. The fourth-order valence-electron chi connectivity index (χ4n) is 2.11. The van der Waals surface area contributed by atoms with Crippen molar-refractivity contribution in [3.8, 4) is 5.75 Å². The van der Waals surface area contributed by atoms with E-state index in [-0.39, 0.29) is 11.9 Å². The quantitative estimate of drug-likeness (QED) is 0.823. The molecule has 0 aliphatic carbocycles. The minimum atomic E-state index is -0.649. The first-order valence-corrected chi connectivity index (χ1v) is 7.44. The predicted octanol–water partition coefficient (Wildman–Crippen LogP) is 3.44. The summed E-state index contributed by atoms with van der Waals surface area (Å²) >= 11 is 0. The van der Waals surface area contributed by atoms with Crippen molar-refractivity contribution >= 4 is 0 Å². The van der Waals surface area contributed by atoms with E-state index in [4.69, 9.17) is 4.74 Å². The van der Waals surface area contributed by atoms with Crippen LogP contribution in [0.3, 0.4) is 0 Å². The number of benzene rings is 2. The molecule has 0 fully saturated rings. The Balaban J connectivity index is 1.79. The Morgan fingerprint density at radius 1 is 1.05 bits per heavy atom. The average Bonchev–Trinajstić information content (AvgIpc) is 2.49. The Bertz CT molecular complexity index is 567. The molecule has 1 atom stereocenters. The van der Waals surface area contributed by atoms with Crippen LogP contribution in [-0.4, -0.2) is 17.8 Å². The molecule has 0 spiro atoms. The first-order valence-electron chi connectivity index (χ1n) is 7.44. The Hall–Kier alpha value is -1.91. The number of aliphatic hydroxyl groups is 1. The van der Waals surface area contributed by atoms with Crippen molar-refractivity contribution in [3.63, 3.8) is 0 Å². The number of halogens is 1. The van der Waals surface area contributed by atoms with Crippen LogP contribution in [0.4, 0.5) is 4.39 Å². The lowest BCUT2D eigenvalue weighted by Gasteiger charge is -2.13. The summed E-state index contributed by atoms with van der Waals surface area (Å²) in [7, 11) is 0. The molecule has 4 heteroatoms. The van der Waals surface area contributed by atoms with Crippen LogP contribution in [0.25, 0.3) is 0 Å². The van der Waals surface area contributed by atoms with Crippen LogP contribution in [0.15, 0.2) is 48.5 Å². The highest BCUT2D eigenvalue weighted by atomic mass is 19.1. The van der Waals surface area contributed by atoms with Crippen molar-refractivity contribution in [2.75, 3.05) is 6.54 Å². The van der Waals surface area contributed by atoms with Gasteiger partial charge in [0.15, 0.2) is 0 Å². The van der Waals surface area contributed by atoms with Crippen molar-refractivity contribution in [1.82, 2.24) is 5.32 Å². The third kappa shape index (κ3) is 5.13. The molecule has 2 N–H and O–H groups in total. The lowest BCUT2D eigenvalue weighted by molar-refractivity contribution is 0.174. The number of hydrogen-bond acceptors (Lipinski definition) is 3. The molecule has 2 aromatic carbocycles. The summed E-state index contributed by atoms with van der Waals surface area (Å²) in [6.07, 6.45) is -0.487. The smallest absolute Gasteiger partial charge is 0.123 e. The van der Waals surface area contributed by atoms with Gasteiger partial charge in [0.1, 0.15) is 11.6 Å². The highest BCUT2D eigenvalue weighted by molar-refractivity contribution is 5.27. The van der Waals surface area contributed by atoms with E-state index in [0.717, 1.165) is 11.3 Å². The maximum Gasteiger partial charge on any atom is 0.123 e. The van der Waals surface area contributed by atoms with Gasteiger partial charge in [-0.05, 0) is 49.2 Å². The summed E-state index contributed by atoms with van der Waals surface area (Å²) in [5, 5.41) is 13.2. The van der Waals surface area contributed by atoms with Gasteiger partial charge in [-0.25, -0.2) is 4.39 Å². The third-order valence-corrected chi connectivity index (χ3v) is 3.22. The van der Waals surface area contributed by atoms with E-state index in [1.165, 1.54) is 12.1 Å². The molecule has 0 saturated heterocycles.